The van der Waals surface area contributed by atoms with Crippen molar-refractivity contribution in [2.45, 2.75) is 44.8 Å². The third-order valence-electron chi connectivity index (χ3n) is 4.07. The molecule has 148 valence electrons. The van der Waals surface area contributed by atoms with Crippen LogP contribution in [-0.4, -0.2) is 17.2 Å². The molecule has 0 aromatic heterocycles. The number of nitrogens with two attached hydrogens (primary N) is 2. The zero-order chi connectivity index (χ0) is 19.3. The molecule has 2 saturated carbocycles. The van der Waals surface area contributed by atoms with E-state index in [1.165, 1.54) is 37.1 Å². The molecule has 4 rings (SSSR count). The van der Waals surface area contributed by atoms with E-state index in [1.54, 1.807) is 12.1 Å². The SMILES string of the molecule is C.Nc1cc(F)ccc1Br.Nc1cc(F)ccc1C1CC1.OB(O)C1CC1. The molecule has 0 amide bonds. The summed E-state index contributed by atoms with van der Waals surface area (Å²) in [4.78, 5) is 0. The normalized spacial score (nSPS) is 14.7. The maximum absolute atomic E-state index is 12.6. The van der Waals surface area contributed by atoms with Crippen LogP contribution in [0.2, 0.25) is 5.82 Å². The minimum Gasteiger partial charge on any atom is -0.427 e. The summed E-state index contributed by atoms with van der Waals surface area (Å²) in [6.07, 6.45) is 4.40. The Hall–Kier alpha value is -1.64. The van der Waals surface area contributed by atoms with Crippen LogP contribution in [0.1, 0.15) is 44.6 Å². The number of halogens is 3. The zero-order valence-corrected chi connectivity index (χ0v) is 15.8. The third kappa shape index (κ3) is 8.28. The van der Waals surface area contributed by atoms with Crippen LogP contribution in [0.4, 0.5) is 20.2 Å². The van der Waals surface area contributed by atoms with E-state index >= 15 is 0 Å². The smallest absolute Gasteiger partial charge is 0.427 e. The second-order valence-corrected chi connectivity index (χ2v) is 7.32. The van der Waals surface area contributed by atoms with Gasteiger partial charge in [-0.3, -0.25) is 0 Å². The summed E-state index contributed by atoms with van der Waals surface area (Å²) in [6, 6.07) is 8.86. The van der Waals surface area contributed by atoms with E-state index in [9.17, 15) is 8.78 Å². The molecule has 0 radical (unpaired) electrons. The highest BCUT2D eigenvalue weighted by Crippen LogP contribution is 2.42. The first-order chi connectivity index (χ1) is 12.3. The van der Waals surface area contributed by atoms with E-state index < -0.39 is 7.12 Å². The average molecular weight is 443 g/mol. The Morgan fingerprint density at radius 2 is 1.41 bits per heavy atom. The molecule has 0 aliphatic heterocycles. The van der Waals surface area contributed by atoms with Gasteiger partial charge in [-0.1, -0.05) is 26.3 Å². The first-order valence-electron chi connectivity index (χ1n) is 8.39. The highest BCUT2D eigenvalue weighted by atomic mass is 79.9. The predicted molar refractivity (Wildman–Crippen MR) is 111 cm³/mol. The van der Waals surface area contributed by atoms with E-state index in [0.29, 0.717) is 17.3 Å². The van der Waals surface area contributed by atoms with Crippen LogP contribution in [0.15, 0.2) is 40.9 Å². The van der Waals surface area contributed by atoms with E-state index in [0.717, 1.165) is 22.9 Å². The molecule has 4 nitrogen and oxygen atoms in total. The van der Waals surface area contributed by atoms with Crippen LogP contribution in [-0.2, 0) is 0 Å². The number of benzene rings is 2. The van der Waals surface area contributed by atoms with Gasteiger partial charge in [-0.05, 0) is 76.4 Å². The van der Waals surface area contributed by atoms with Crippen LogP contribution >= 0.6 is 15.9 Å². The summed E-state index contributed by atoms with van der Waals surface area (Å²) in [5.74, 6) is 0.267. The van der Waals surface area contributed by atoms with Gasteiger partial charge in [0.2, 0.25) is 0 Å². The molecule has 2 aromatic carbocycles. The molecule has 27 heavy (non-hydrogen) atoms. The zero-order valence-electron chi connectivity index (χ0n) is 14.2. The Labute approximate surface area is 167 Å². The van der Waals surface area contributed by atoms with Crippen LogP contribution in [0.25, 0.3) is 0 Å². The van der Waals surface area contributed by atoms with Gasteiger partial charge in [-0.25, -0.2) is 8.78 Å². The summed E-state index contributed by atoms with van der Waals surface area (Å²) < 4.78 is 25.5. The van der Waals surface area contributed by atoms with Gasteiger partial charge < -0.3 is 21.5 Å². The van der Waals surface area contributed by atoms with Crippen molar-refractivity contribution in [2.24, 2.45) is 0 Å². The number of anilines is 2. The lowest BCUT2D eigenvalue weighted by Gasteiger charge is -2.01. The summed E-state index contributed by atoms with van der Waals surface area (Å²) >= 11 is 3.14. The molecule has 2 aliphatic carbocycles. The van der Waals surface area contributed by atoms with Crippen LogP contribution in [0, 0.1) is 11.6 Å². The second-order valence-electron chi connectivity index (χ2n) is 6.46. The Morgan fingerprint density at radius 1 is 0.889 bits per heavy atom. The summed E-state index contributed by atoms with van der Waals surface area (Å²) in [5.41, 5.74) is 13.1. The lowest BCUT2D eigenvalue weighted by Crippen LogP contribution is -2.09. The minimum atomic E-state index is -1.04. The molecule has 0 spiro atoms. The van der Waals surface area contributed by atoms with Crippen molar-refractivity contribution in [3.8, 4) is 0 Å². The van der Waals surface area contributed by atoms with Crippen molar-refractivity contribution in [1.29, 1.82) is 0 Å². The Balaban J connectivity index is 0.000000207. The largest absolute Gasteiger partial charge is 0.454 e. The fourth-order valence-electron chi connectivity index (χ4n) is 2.22. The molecule has 0 atom stereocenters. The molecule has 2 aliphatic rings. The number of nitrogen functional groups attached to an aromatic ring is 2. The quantitative estimate of drug-likeness (QED) is 0.400. The van der Waals surface area contributed by atoms with Gasteiger partial charge in [0, 0.05) is 15.8 Å². The Bertz CT molecular complexity index is 742. The fourth-order valence-corrected chi connectivity index (χ4v) is 2.47. The first kappa shape index (κ1) is 23.4. The van der Waals surface area contributed by atoms with Gasteiger partial charge in [0.15, 0.2) is 0 Å². The standard InChI is InChI=1S/C9H10FN.C6H5BrFN.C3H7BO2.CH4/c10-7-3-4-8(6-1-2-6)9(11)5-7;7-5-2-1-4(8)3-6(5)9;5-4(6)3-1-2-3;/h3-6H,1-2,11H2;1-3H,9H2;3,5-6H,1-2H2;1H4. The van der Waals surface area contributed by atoms with E-state index in [1.807, 2.05) is 0 Å². The fraction of sp³-hybridized carbons (Fsp3) is 0.368. The van der Waals surface area contributed by atoms with Crippen molar-refractivity contribution in [2.75, 3.05) is 11.5 Å². The molecule has 0 heterocycles. The number of rotatable bonds is 2. The van der Waals surface area contributed by atoms with Gasteiger partial charge in [0.05, 0.1) is 0 Å². The second kappa shape index (κ2) is 10.6. The van der Waals surface area contributed by atoms with Gasteiger partial charge in [-0.15, -0.1) is 0 Å². The lowest BCUT2D eigenvalue weighted by molar-refractivity contribution is 0.403. The topological polar surface area (TPSA) is 92.5 Å². The Morgan fingerprint density at radius 3 is 1.74 bits per heavy atom. The van der Waals surface area contributed by atoms with Crippen molar-refractivity contribution in [3.05, 3.63) is 58.1 Å². The first-order valence-corrected chi connectivity index (χ1v) is 9.18. The van der Waals surface area contributed by atoms with E-state index in [4.69, 9.17) is 21.5 Å². The molecule has 2 fully saturated rings. The Kier molecular flexibility index (Phi) is 9.22. The molecule has 2 aromatic rings. The molecular formula is C19H26BBrF2N2O2. The van der Waals surface area contributed by atoms with Crippen molar-refractivity contribution in [1.82, 2.24) is 0 Å². The summed E-state index contributed by atoms with van der Waals surface area (Å²) in [6.45, 7) is 0. The highest BCUT2D eigenvalue weighted by molar-refractivity contribution is 9.10. The average Bonchev–Trinajstić information content (AvgIpc) is 3.45. The lowest BCUT2D eigenvalue weighted by atomic mass is 9.84. The minimum absolute atomic E-state index is 0. The van der Waals surface area contributed by atoms with Gasteiger partial charge in [0.1, 0.15) is 11.6 Å². The molecule has 0 bridgehead atoms. The van der Waals surface area contributed by atoms with Gasteiger partial charge in [0.25, 0.3) is 0 Å². The van der Waals surface area contributed by atoms with Crippen molar-refractivity contribution < 1.29 is 18.8 Å². The third-order valence-corrected chi connectivity index (χ3v) is 4.79. The van der Waals surface area contributed by atoms with Crippen LogP contribution < -0.4 is 11.5 Å². The predicted octanol–water partition coefficient (Wildman–Crippen LogP) is 4.72. The number of hydrogen-bond acceptors (Lipinski definition) is 4. The monoisotopic (exact) mass is 442 g/mol. The van der Waals surface area contributed by atoms with Crippen molar-refractivity contribution in [3.63, 3.8) is 0 Å². The maximum Gasteiger partial charge on any atom is 0.454 e. The van der Waals surface area contributed by atoms with E-state index in [2.05, 4.69) is 15.9 Å². The maximum atomic E-state index is 12.6. The molecule has 0 saturated heterocycles. The van der Waals surface area contributed by atoms with Crippen LogP contribution in [0.3, 0.4) is 0 Å². The molecule has 6 N–H and O–H groups in total. The highest BCUT2D eigenvalue weighted by Gasteiger charge is 2.33. The summed E-state index contributed by atoms with van der Waals surface area (Å²) in [7, 11) is -1.04. The summed E-state index contributed by atoms with van der Waals surface area (Å²) in [5, 5.41) is 16.5. The van der Waals surface area contributed by atoms with E-state index in [-0.39, 0.29) is 24.9 Å². The molecule has 0 unspecified atom stereocenters. The number of hydrogen-bond donors (Lipinski definition) is 4. The van der Waals surface area contributed by atoms with Crippen LogP contribution in [0.5, 0.6) is 0 Å². The van der Waals surface area contributed by atoms with Gasteiger partial charge in [-0.2, -0.15) is 0 Å². The van der Waals surface area contributed by atoms with Crippen molar-refractivity contribution >= 4 is 34.4 Å². The molecule has 8 heteroatoms. The molecular weight excluding hydrogens is 417 g/mol. The van der Waals surface area contributed by atoms with Gasteiger partial charge >= 0.3 is 7.12 Å².